The van der Waals surface area contributed by atoms with E-state index in [-0.39, 0.29) is 6.15 Å². The van der Waals surface area contributed by atoms with E-state index in [1.165, 1.54) is 0 Å². The molecule has 4 nitrogen and oxygen atoms in total. The van der Waals surface area contributed by atoms with E-state index >= 15 is 0 Å². The zero-order valence-electron chi connectivity index (χ0n) is 9.72. The highest BCUT2D eigenvalue weighted by Gasteiger charge is 2.21. The lowest BCUT2D eigenvalue weighted by Gasteiger charge is -2.21. The molecular weight excluding hydrogens is 230 g/mol. The zero-order valence-corrected chi connectivity index (χ0v) is 9.72. The van der Waals surface area contributed by atoms with Crippen LogP contribution in [-0.2, 0) is 6.42 Å². The quantitative estimate of drug-likeness (QED) is 0.687. The molecule has 0 fully saturated rings. The Morgan fingerprint density at radius 1 is 1.06 bits per heavy atom. The van der Waals surface area contributed by atoms with Gasteiger partial charge in [-0.1, -0.05) is 24.3 Å². The topological polar surface area (TPSA) is 81.5 Å². The van der Waals surface area contributed by atoms with Crippen LogP contribution >= 0.6 is 0 Å². The lowest BCUT2D eigenvalue weighted by atomic mass is 9.96. The normalized spacial score (nSPS) is 11.6. The third-order valence-corrected chi connectivity index (χ3v) is 2.92. The number of rotatable bonds is 1. The average Bonchev–Trinajstić information content (AvgIpc) is 2.35. The third-order valence-electron chi connectivity index (χ3n) is 2.92. The SMILES string of the molecule is N.O=C(O)c1cccc2c1Cc1ccccc1O2. The molecule has 0 amide bonds. The highest BCUT2D eigenvalue weighted by molar-refractivity contribution is 5.90. The number of hydrogen-bond acceptors (Lipinski definition) is 3. The summed E-state index contributed by atoms with van der Waals surface area (Å²) in [5.41, 5.74) is 2.09. The Balaban J connectivity index is 0.00000120. The van der Waals surface area contributed by atoms with Crippen molar-refractivity contribution in [1.29, 1.82) is 0 Å². The predicted molar refractivity (Wildman–Crippen MR) is 67.7 cm³/mol. The molecule has 0 aromatic heterocycles. The Labute approximate surface area is 104 Å². The maximum absolute atomic E-state index is 11.1. The first-order valence-electron chi connectivity index (χ1n) is 5.36. The Morgan fingerprint density at radius 2 is 1.78 bits per heavy atom. The standard InChI is InChI=1S/C14H10O3.H3N/c15-14(16)10-5-3-7-13-11(10)8-9-4-1-2-6-12(9)17-13;/h1-7H,8H2,(H,15,16);1H3. The molecule has 1 aliphatic rings. The fourth-order valence-electron chi connectivity index (χ4n) is 2.10. The van der Waals surface area contributed by atoms with Gasteiger partial charge in [-0.3, -0.25) is 0 Å². The van der Waals surface area contributed by atoms with E-state index in [4.69, 9.17) is 9.84 Å². The van der Waals surface area contributed by atoms with Gasteiger partial charge < -0.3 is 16.0 Å². The maximum Gasteiger partial charge on any atom is 0.336 e. The van der Waals surface area contributed by atoms with Gasteiger partial charge in [-0.15, -0.1) is 0 Å². The molecule has 0 unspecified atom stereocenters. The molecule has 92 valence electrons. The van der Waals surface area contributed by atoms with Crippen LogP contribution in [0.25, 0.3) is 0 Å². The van der Waals surface area contributed by atoms with Crippen molar-refractivity contribution in [3.8, 4) is 11.5 Å². The van der Waals surface area contributed by atoms with Gasteiger partial charge >= 0.3 is 5.97 Å². The summed E-state index contributed by atoms with van der Waals surface area (Å²) in [6, 6.07) is 12.8. The molecule has 1 aliphatic heterocycles. The largest absolute Gasteiger partial charge is 0.478 e. The molecule has 0 saturated heterocycles. The number of carbonyl (C=O) groups is 1. The predicted octanol–water partition coefficient (Wildman–Crippen LogP) is 3.24. The van der Waals surface area contributed by atoms with Crippen molar-refractivity contribution >= 4 is 5.97 Å². The van der Waals surface area contributed by atoms with Crippen LogP contribution in [-0.4, -0.2) is 11.1 Å². The van der Waals surface area contributed by atoms with Crippen molar-refractivity contribution in [3.05, 3.63) is 59.2 Å². The molecular formula is C14H13NO3. The summed E-state index contributed by atoms with van der Waals surface area (Å²) in [5, 5.41) is 9.13. The Kier molecular flexibility index (Phi) is 3.04. The van der Waals surface area contributed by atoms with Crippen molar-refractivity contribution in [2.24, 2.45) is 0 Å². The number of fused-ring (bicyclic) bond motifs is 2. The Morgan fingerprint density at radius 3 is 2.56 bits per heavy atom. The van der Waals surface area contributed by atoms with Crippen molar-refractivity contribution in [1.82, 2.24) is 6.15 Å². The van der Waals surface area contributed by atoms with Crippen LogP contribution < -0.4 is 10.9 Å². The molecule has 0 aliphatic carbocycles. The molecule has 0 radical (unpaired) electrons. The second-order valence-corrected chi connectivity index (χ2v) is 3.97. The first-order chi connectivity index (χ1) is 8.25. The first kappa shape index (κ1) is 12.1. The van der Waals surface area contributed by atoms with Crippen LogP contribution in [0.2, 0.25) is 0 Å². The van der Waals surface area contributed by atoms with Crippen molar-refractivity contribution in [2.75, 3.05) is 0 Å². The number of para-hydroxylation sites is 1. The summed E-state index contributed by atoms with van der Waals surface area (Å²) >= 11 is 0. The second kappa shape index (κ2) is 4.50. The van der Waals surface area contributed by atoms with Crippen molar-refractivity contribution < 1.29 is 14.6 Å². The van der Waals surface area contributed by atoms with E-state index in [0.29, 0.717) is 17.7 Å². The number of hydrogen-bond donors (Lipinski definition) is 2. The lowest BCUT2D eigenvalue weighted by molar-refractivity contribution is 0.0695. The van der Waals surface area contributed by atoms with Crippen LogP contribution in [0.5, 0.6) is 11.5 Å². The summed E-state index contributed by atoms with van der Waals surface area (Å²) in [6.45, 7) is 0. The van der Waals surface area contributed by atoms with E-state index in [9.17, 15) is 4.79 Å². The number of aromatic carboxylic acids is 1. The number of ether oxygens (including phenoxy) is 1. The van der Waals surface area contributed by atoms with E-state index in [2.05, 4.69) is 0 Å². The molecule has 18 heavy (non-hydrogen) atoms. The summed E-state index contributed by atoms with van der Waals surface area (Å²) in [5.74, 6) is 0.538. The van der Waals surface area contributed by atoms with E-state index in [0.717, 1.165) is 16.9 Å². The molecule has 0 spiro atoms. The number of benzene rings is 2. The van der Waals surface area contributed by atoms with Gasteiger partial charge in [-0.25, -0.2) is 4.79 Å². The van der Waals surface area contributed by atoms with Gasteiger partial charge in [0, 0.05) is 12.0 Å². The smallest absolute Gasteiger partial charge is 0.336 e. The van der Waals surface area contributed by atoms with Gasteiger partial charge in [-0.05, 0) is 23.8 Å². The summed E-state index contributed by atoms with van der Waals surface area (Å²) in [6.07, 6.45) is 0.605. The highest BCUT2D eigenvalue weighted by atomic mass is 16.5. The van der Waals surface area contributed by atoms with E-state index in [1.54, 1.807) is 18.2 Å². The Hall–Kier alpha value is -2.33. The summed E-state index contributed by atoms with van der Waals surface area (Å²) in [7, 11) is 0. The summed E-state index contributed by atoms with van der Waals surface area (Å²) in [4.78, 5) is 11.1. The van der Waals surface area contributed by atoms with Crippen LogP contribution in [0.4, 0.5) is 0 Å². The molecule has 4 N–H and O–H groups in total. The average molecular weight is 243 g/mol. The van der Waals surface area contributed by atoms with Gasteiger partial charge in [0.1, 0.15) is 11.5 Å². The van der Waals surface area contributed by atoms with Gasteiger partial charge in [0.2, 0.25) is 0 Å². The minimum Gasteiger partial charge on any atom is -0.478 e. The van der Waals surface area contributed by atoms with Gasteiger partial charge in [0.05, 0.1) is 5.56 Å². The van der Waals surface area contributed by atoms with Crippen molar-refractivity contribution in [3.63, 3.8) is 0 Å². The maximum atomic E-state index is 11.1. The van der Waals surface area contributed by atoms with E-state index in [1.807, 2.05) is 24.3 Å². The number of carboxylic acid groups (broad SMARTS) is 1. The minimum absolute atomic E-state index is 0. The monoisotopic (exact) mass is 243 g/mol. The molecule has 0 atom stereocenters. The minimum atomic E-state index is -0.912. The molecule has 2 aromatic rings. The molecule has 3 rings (SSSR count). The van der Waals surface area contributed by atoms with Crippen LogP contribution in [0.15, 0.2) is 42.5 Å². The van der Waals surface area contributed by atoms with Gasteiger partial charge in [0.15, 0.2) is 0 Å². The number of carboxylic acids is 1. The Bertz CT molecular complexity index is 608. The van der Waals surface area contributed by atoms with E-state index < -0.39 is 5.97 Å². The lowest BCUT2D eigenvalue weighted by Crippen LogP contribution is -2.09. The highest BCUT2D eigenvalue weighted by Crippen LogP contribution is 2.37. The fourth-order valence-corrected chi connectivity index (χ4v) is 2.10. The third kappa shape index (κ3) is 1.83. The molecule has 0 bridgehead atoms. The van der Waals surface area contributed by atoms with Crippen molar-refractivity contribution in [2.45, 2.75) is 6.42 Å². The fraction of sp³-hybridized carbons (Fsp3) is 0.0714. The van der Waals surface area contributed by atoms with Gasteiger partial charge in [0.25, 0.3) is 0 Å². The molecule has 4 heteroatoms. The second-order valence-electron chi connectivity index (χ2n) is 3.97. The van der Waals surface area contributed by atoms with Crippen LogP contribution in [0.3, 0.4) is 0 Å². The first-order valence-corrected chi connectivity index (χ1v) is 5.36. The molecule has 2 aromatic carbocycles. The van der Waals surface area contributed by atoms with Gasteiger partial charge in [-0.2, -0.15) is 0 Å². The zero-order chi connectivity index (χ0) is 11.8. The molecule has 0 saturated carbocycles. The van der Waals surface area contributed by atoms with Crippen LogP contribution in [0, 0.1) is 0 Å². The molecule has 1 heterocycles. The summed E-state index contributed by atoms with van der Waals surface area (Å²) < 4.78 is 5.70. The van der Waals surface area contributed by atoms with Crippen LogP contribution in [0.1, 0.15) is 21.5 Å².